The minimum atomic E-state index is -0.572. The molecule has 2 aromatic heterocycles. The molecule has 0 saturated heterocycles. The Morgan fingerprint density at radius 1 is 1.59 bits per heavy atom. The van der Waals surface area contributed by atoms with Gasteiger partial charge in [0.25, 0.3) is 0 Å². The molecule has 2 rings (SSSR count). The number of nitrogens with zero attached hydrogens (tertiary/aromatic N) is 3. The number of rotatable bonds is 4. The summed E-state index contributed by atoms with van der Waals surface area (Å²) in [5.41, 5.74) is 4.48. The highest BCUT2D eigenvalue weighted by molar-refractivity contribution is 9.10. The largest absolute Gasteiger partial charge is 0.386 e. The van der Waals surface area contributed by atoms with Crippen molar-refractivity contribution in [2.75, 3.05) is 0 Å². The lowest BCUT2D eigenvalue weighted by Crippen LogP contribution is -2.07. The summed E-state index contributed by atoms with van der Waals surface area (Å²) in [6.07, 6.45) is 0.826. The van der Waals surface area contributed by atoms with Crippen molar-refractivity contribution in [3.63, 3.8) is 0 Å². The lowest BCUT2D eigenvalue weighted by Gasteiger charge is -2.08. The highest BCUT2D eigenvalue weighted by atomic mass is 79.9. The van der Waals surface area contributed by atoms with Crippen molar-refractivity contribution in [1.29, 1.82) is 0 Å². The Kier molecular flexibility index (Phi) is 3.96. The molecule has 0 aliphatic heterocycles. The van der Waals surface area contributed by atoms with Gasteiger partial charge in [-0.15, -0.1) is 11.3 Å². The molecular formula is C11H14BrN3OS. The van der Waals surface area contributed by atoms with Crippen LogP contribution in [0.5, 0.6) is 0 Å². The van der Waals surface area contributed by atoms with E-state index in [-0.39, 0.29) is 0 Å². The quantitative estimate of drug-likeness (QED) is 0.943. The molecule has 2 aromatic rings. The number of thiazole rings is 1. The third kappa shape index (κ3) is 2.59. The smallest absolute Gasteiger partial charge is 0.102 e. The molecule has 6 heteroatoms. The van der Waals surface area contributed by atoms with Gasteiger partial charge in [0.2, 0.25) is 0 Å². The van der Waals surface area contributed by atoms with Crippen molar-refractivity contribution < 1.29 is 5.11 Å². The number of hydrogen-bond acceptors (Lipinski definition) is 4. The summed E-state index contributed by atoms with van der Waals surface area (Å²) in [7, 11) is 1.90. The minimum Gasteiger partial charge on any atom is -0.386 e. The van der Waals surface area contributed by atoms with Crippen molar-refractivity contribution in [2.45, 2.75) is 25.9 Å². The summed E-state index contributed by atoms with van der Waals surface area (Å²) < 4.78 is 2.81. The highest BCUT2D eigenvalue weighted by Gasteiger charge is 2.18. The predicted octanol–water partition coefficient (Wildman–Crippen LogP) is 2.48. The lowest BCUT2D eigenvalue weighted by atomic mass is 10.1. The van der Waals surface area contributed by atoms with Gasteiger partial charge in [0.15, 0.2) is 0 Å². The van der Waals surface area contributed by atoms with Gasteiger partial charge in [-0.05, 0) is 22.4 Å². The summed E-state index contributed by atoms with van der Waals surface area (Å²) in [5.74, 6) is 0. The van der Waals surface area contributed by atoms with Crippen molar-refractivity contribution in [2.24, 2.45) is 7.05 Å². The van der Waals surface area contributed by atoms with Crippen LogP contribution in [0.4, 0.5) is 0 Å². The van der Waals surface area contributed by atoms with E-state index in [0.717, 1.165) is 28.0 Å². The number of halogens is 1. The molecule has 92 valence electrons. The summed E-state index contributed by atoms with van der Waals surface area (Å²) >= 11 is 5.03. The number of aliphatic hydroxyl groups is 1. The van der Waals surface area contributed by atoms with Crippen molar-refractivity contribution >= 4 is 27.3 Å². The average molecular weight is 316 g/mol. The molecule has 0 saturated carbocycles. The van der Waals surface area contributed by atoms with E-state index in [2.05, 4.69) is 32.9 Å². The van der Waals surface area contributed by atoms with Crippen molar-refractivity contribution in [3.8, 4) is 0 Å². The maximum Gasteiger partial charge on any atom is 0.102 e. The SMILES string of the molecule is CCc1nn(C)c(CC(O)c2cscn2)c1Br. The van der Waals surface area contributed by atoms with Gasteiger partial charge in [-0.3, -0.25) is 4.68 Å². The van der Waals surface area contributed by atoms with E-state index in [9.17, 15) is 5.11 Å². The van der Waals surface area contributed by atoms with Crippen LogP contribution in [-0.4, -0.2) is 19.9 Å². The summed E-state index contributed by atoms with van der Waals surface area (Å²) in [6, 6.07) is 0. The minimum absolute atomic E-state index is 0.522. The van der Waals surface area contributed by atoms with Gasteiger partial charge < -0.3 is 5.11 Å². The van der Waals surface area contributed by atoms with Crippen molar-refractivity contribution in [3.05, 3.63) is 32.4 Å². The second-order valence-electron chi connectivity index (χ2n) is 3.82. The fourth-order valence-electron chi connectivity index (χ4n) is 1.72. The number of hydrogen-bond donors (Lipinski definition) is 1. The fourth-order valence-corrected chi connectivity index (χ4v) is 3.09. The molecular weight excluding hydrogens is 302 g/mol. The van der Waals surface area contributed by atoms with Crippen LogP contribution in [0.25, 0.3) is 0 Å². The summed E-state index contributed by atoms with van der Waals surface area (Å²) in [4.78, 5) is 4.12. The van der Waals surface area contributed by atoms with E-state index < -0.39 is 6.10 Å². The first-order valence-electron chi connectivity index (χ1n) is 5.39. The molecule has 1 N–H and O–H groups in total. The highest BCUT2D eigenvalue weighted by Crippen LogP contribution is 2.26. The van der Waals surface area contributed by atoms with E-state index in [4.69, 9.17) is 0 Å². The topological polar surface area (TPSA) is 50.9 Å². The van der Waals surface area contributed by atoms with Crippen LogP contribution in [0, 0.1) is 0 Å². The zero-order chi connectivity index (χ0) is 12.4. The fraction of sp³-hybridized carbons (Fsp3) is 0.455. The zero-order valence-electron chi connectivity index (χ0n) is 9.72. The average Bonchev–Trinajstić information content (AvgIpc) is 2.92. The van der Waals surface area contributed by atoms with E-state index in [1.165, 1.54) is 11.3 Å². The standard InChI is InChI=1S/C11H14BrN3OS/c1-3-7-11(12)9(15(2)14-7)4-10(16)8-5-17-6-13-8/h5-6,10,16H,3-4H2,1-2H3. The van der Waals surface area contributed by atoms with E-state index in [0.29, 0.717) is 6.42 Å². The second-order valence-corrected chi connectivity index (χ2v) is 5.33. The maximum absolute atomic E-state index is 10.1. The van der Waals surface area contributed by atoms with Crippen molar-refractivity contribution in [1.82, 2.24) is 14.8 Å². The van der Waals surface area contributed by atoms with Crippen LogP contribution in [0.1, 0.15) is 30.1 Å². The number of aliphatic hydroxyl groups excluding tert-OH is 1. The van der Waals surface area contributed by atoms with Gasteiger partial charge in [0.1, 0.15) is 6.10 Å². The first-order valence-corrected chi connectivity index (χ1v) is 7.13. The molecule has 0 fully saturated rings. The van der Waals surface area contributed by atoms with Crippen LogP contribution in [0.15, 0.2) is 15.4 Å². The first kappa shape index (κ1) is 12.7. The van der Waals surface area contributed by atoms with Gasteiger partial charge >= 0.3 is 0 Å². The molecule has 0 amide bonds. The molecule has 0 radical (unpaired) electrons. The van der Waals surface area contributed by atoms with Crippen LogP contribution in [0.3, 0.4) is 0 Å². The molecule has 4 nitrogen and oxygen atoms in total. The van der Waals surface area contributed by atoms with E-state index in [1.54, 1.807) is 5.51 Å². The van der Waals surface area contributed by atoms with Crippen LogP contribution in [-0.2, 0) is 19.9 Å². The molecule has 0 bridgehead atoms. The Morgan fingerprint density at radius 3 is 2.88 bits per heavy atom. The van der Waals surface area contributed by atoms with E-state index >= 15 is 0 Å². The Bertz CT molecular complexity index is 495. The Hall–Kier alpha value is -0.720. The molecule has 0 spiro atoms. The molecule has 0 aliphatic rings. The van der Waals surface area contributed by atoms with Gasteiger partial charge in [-0.2, -0.15) is 5.10 Å². The van der Waals surface area contributed by atoms with Crippen LogP contribution >= 0.6 is 27.3 Å². The summed E-state index contributed by atoms with van der Waals surface area (Å²) in [5, 5.41) is 16.4. The second kappa shape index (κ2) is 5.29. The number of aromatic nitrogens is 3. The third-order valence-electron chi connectivity index (χ3n) is 2.68. The lowest BCUT2D eigenvalue weighted by molar-refractivity contribution is 0.171. The monoisotopic (exact) mass is 315 g/mol. The predicted molar refractivity (Wildman–Crippen MR) is 71.1 cm³/mol. The Labute approximate surface area is 112 Å². The van der Waals surface area contributed by atoms with Gasteiger partial charge in [0.05, 0.1) is 27.1 Å². The zero-order valence-corrected chi connectivity index (χ0v) is 12.1. The molecule has 1 atom stereocenters. The van der Waals surface area contributed by atoms with E-state index in [1.807, 2.05) is 17.1 Å². The molecule has 1 unspecified atom stereocenters. The molecule has 0 aliphatic carbocycles. The molecule has 2 heterocycles. The third-order valence-corrected chi connectivity index (χ3v) is 4.20. The summed E-state index contributed by atoms with van der Waals surface area (Å²) in [6.45, 7) is 2.06. The first-order chi connectivity index (χ1) is 8.13. The van der Waals surface area contributed by atoms with Gasteiger partial charge in [0, 0.05) is 18.8 Å². The Morgan fingerprint density at radius 2 is 2.35 bits per heavy atom. The normalized spacial score (nSPS) is 12.9. The number of aryl methyl sites for hydroxylation is 2. The molecule has 0 aromatic carbocycles. The van der Waals surface area contributed by atoms with Gasteiger partial charge in [-0.25, -0.2) is 4.98 Å². The maximum atomic E-state index is 10.1. The molecule has 17 heavy (non-hydrogen) atoms. The van der Waals surface area contributed by atoms with Gasteiger partial charge in [-0.1, -0.05) is 6.92 Å². The van der Waals surface area contributed by atoms with Crippen LogP contribution < -0.4 is 0 Å². The van der Waals surface area contributed by atoms with Crippen LogP contribution in [0.2, 0.25) is 0 Å². The Balaban J connectivity index is 2.21.